The first-order valence-corrected chi connectivity index (χ1v) is 8.84. The third-order valence-corrected chi connectivity index (χ3v) is 4.40. The van der Waals surface area contributed by atoms with Gasteiger partial charge < -0.3 is 14.8 Å². The minimum absolute atomic E-state index is 0.111. The number of nitrogens with one attached hydrogen (secondary N) is 1. The molecule has 0 aromatic heterocycles. The topological polar surface area (TPSA) is 47.6 Å². The van der Waals surface area contributed by atoms with Gasteiger partial charge >= 0.3 is 0 Å². The summed E-state index contributed by atoms with van der Waals surface area (Å²) in [7, 11) is 0. The van der Waals surface area contributed by atoms with Gasteiger partial charge in [-0.15, -0.1) is 0 Å². The molecule has 1 aliphatic heterocycles. The summed E-state index contributed by atoms with van der Waals surface area (Å²) in [5.74, 6) is 2.00. The average molecular weight is 339 g/mol. The van der Waals surface area contributed by atoms with Gasteiger partial charge in [0.1, 0.15) is 17.6 Å². The number of benzene rings is 2. The molecule has 0 aliphatic carbocycles. The van der Waals surface area contributed by atoms with Crippen LogP contribution in [0.1, 0.15) is 44.4 Å². The number of carbonyl (C=O) groups excluding carboxylic acids is 1. The lowest BCUT2D eigenvalue weighted by atomic mass is 9.94. The lowest BCUT2D eigenvalue weighted by molar-refractivity contribution is -0.132. The lowest BCUT2D eigenvalue weighted by Gasteiger charge is -2.29. The van der Waals surface area contributed by atoms with Gasteiger partial charge in [0, 0.05) is 17.7 Å². The van der Waals surface area contributed by atoms with Crippen molar-refractivity contribution in [3.8, 4) is 11.5 Å². The number of ether oxygens (including phenoxy) is 2. The standard InChI is InChI=1S/C21H25NO3/c1-14(2)12-13-24-15(3)21(23)22-20-16-8-4-6-10-18(16)25-19-11-7-5-9-17(19)20/h4-11,14-15,20H,12-13H2,1-3H3,(H,22,23). The van der Waals surface area contributed by atoms with Crippen molar-refractivity contribution in [2.24, 2.45) is 5.92 Å². The third-order valence-electron chi connectivity index (χ3n) is 4.40. The zero-order valence-corrected chi connectivity index (χ0v) is 15.0. The first-order chi connectivity index (χ1) is 12.1. The van der Waals surface area contributed by atoms with Crippen LogP contribution in [0.2, 0.25) is 0 Å². The largest absolute Gasteiger partial charge is 0.457 e. The molecule has 132 valence electrons. The van der Waals surface area contributed by atoms with E-state index in [1.165, 1.54) is 0 Å². The van der Waals surface area contributed by atoms with Gasteiger partial charge in [0.15, 0.2) is 0 Å². The predicted octanol–water partition coefficient (Wildman–Crippen LogP) is 4.45. The molecule has 1 atom stereocenters. The normalized spacial score (nSPS) is 14.4. The molecule has 25 heavy (non-hydrogen) atoms. The second-order valence-corrected chi connectivity index (χ2v) is 6.81. The summed E-state index contributed by atoms with van der Waals surface area (Å²) in [6.07, 6.45) is 0.460. The van der Waals surface area contributed by atoms with Crippen molar-refractivity contribution >= 4 is 5.91 Å². The van der Waals surface area contributed by atoms with E-state index in [-0.39, 0.29) is 11.9 Å². The first-order valence-electron chi connectivity index (χ1n) is 8.84. The van der Waals surface area contributed by atoms with Crippen LogP contribution in [0, 0.1) is 5.92 Å². The second-order valence-electron chi connectivity index (χ2n) is 6.81. The van der Waals surface area contributed by atoms with Crippen molar-refractivity contribution < 1.29 is 14.3 Å². The molecule has 4 nitrogen and oxygen atoms in total. The Morgan fingerprint density at radius 3 is 2.16 bits per heavy atom. The SMILES string of the molecule is CC(C)CCOC(C)C(=O)NC1c2ccccc2Oc2ccccc21. The average Bonchev–Trinajstić information content (AvgIpc) is 2.61. The molecule has 1 heterocycles. The molecule has 0 saturated carbocycles. The summed E-state index contributed by atoms with van der Waals surface area (Å²) in [6, 6.07) is 15.4. The fourth-order valence-electron chi connectivity index (χ4n) is 2.88. The Morgan fingerprint density at radius 2 is 1.60 bits per heavy atom. The van der Waals surface area contributed by atoms with Gasteiger partial charge in [-0.25, -0.2) is 0 Å². The van der Waals surface area contributed by atoms with Gasteiger partial charge in [0.05, 0.1) is 6.04 Å². The van der Waals surface area contributed by atoms with Crippen LogP contribution in [0.15, 0.2) is 48.5 Å². The minimum atomic E-state index is -0.485. The van der Waals surface area contributed by atoms with Gasteiger partial charge in [-0.05, 0) is 31.4 Å². The van der Waals surface area contributed by atoms with Crippen molar-refractivity contribution in [2.75, 3.05) is 6.61 Å². The molecule has 2 aromatic rings. The summed E-state index contributed by atoms with van der Waals surface area (Å²) >= 11 is 0. The zero-order chi connectivity index (χ0) is 17.8. The summed E-state index contributed by atoms with van der Waals surface area (Å²) in [6.45, 7) is 6.67. The number of carbonyl (C=O) groups is 1. The van der Waals surface area contributed by atoms with E-state index in [1.54, 1.807) is 6.92 Å². The van der Waals surface area contributed by atoms with E-state index < -0.39 is 6.10 Å². The van der Waals surface area contributed by atoms with Gasteiger partial charge in [-0.2, -0.15) is 0 Å². The number of fused-ring (bicyclic) bond motifs is 2. The number of hydrogen-bond donors (Lipinski definition) is 1. The Bertz CT molecular complexity index is 696. The van der Waals surface area contributed by atoms with E-state index in [2.05, 4.69) is 19.2 Å². The second kappa shape index (κ2) is 7.70. The van der Waals surface area contributed by atoms with Gasteiger partial charge in [0.25, 0.3) is 0 Å². The summed E-state index contributed by atoms with van der Waals surface area (Å²) in [4.78, 5) is 12.6. The Labute approximate surface area is 149 Å². The van der Waals surface area contributed by atoms with E-state index in [4.69, 9.17) is 9.47 Å². The van der Waals surface area contributed by atoms with Crippen molar-refractivity contribution in [3.63, 3.8) is 0 Å². The highest BCUT2D eigenvalue weighted by atomic mass is 16.5. The molecule has 1 aliphatic rings. The number of amides is 1. The maximum Gasteiger partial charge on any atom is 0.249 e. The Kier molecular flexibility index (Phi) is 5.39. The van der Waals surface area contributed by atoms with E-state index in [0.29, 0.717) is 12.5 Å². The smallest absolute Gasteiger partial charge is 0.249 e. The molecule has 4 heteroatoms. The molecule has 0 spiro atoms. The van der Waals surface area contributed by atoms with Crippen LogP contribution in [0.25, 0.3) is 0 Å². The van der Waals surface area contributed by atoms with Gasteiger partial charge in [-0.3, -0.25) is 4.79 Å². The van der Waals surface area contributed by atoms with Crippen LogP contribution in [-0.4, -0.2) is 18.6 Å². The molecule has 3 rings (SSSR count). The van der Waals surface area contributed by atoms with Crippen molar-refractivity contribution in [1.82, 2.24) is 5.32 Å². The molecule has 1 N–H and O–H groups in total. The number of rotatable bonds is 6. The molecular formula is C21H25NO3. The Hall–Kier alpha value is -2.33. The molecule has 1 unspecified atom stereocenters. The Morgan fingerprint density at radius 1 is 1.04 bits per heavy atom. The quantitative estimate of drug-likeness (QED) is 0.846. The van der Waals surface area contributed by atoms with E-state index in [1.807, 2.05) is 48.5 Å². The van der Waals surface area contributed by atoms with Crippen LogP contribution in [0.5, 0.6) is 11.5 Å². The molecule has 0 radical (unpaired) electrons. The third kappa shape index (κ3) is 4.02. The van der Waals surface area contributed by atoms with Crippen molar-refractivity contribution in [3.05, 3.63) is 59.7 Å². The van der Waals surface area contributed by atoms with Crippen molar-refractivity contribution in [2.45, 2.75) is 39.3 Å². The maximum absolute atomic E-state index is 12.6. The minimum Gasteiger partial charge on any atom is -0.457 e. The van der Waals surface area contributed by atoms with Crippen molar-refractivity contribution in [1.29, 1.82) is 0 Å². The van der Waals surface area contributed by atoms with Gasteiger partial charge in [-0.1, -0.05) is 50.2 Å². The van der Waals surface area contributed by atoms with Gasteiger partial charge in [0.2, 0.25) is 5.91 Å². The molecular weight excluding hydrogens is 314 g/mol. The molecule has 1 amide bonds. The van der Waals surface area contributed by atoms with E-state index in [0.717, 1.165) is 29.0 Å². The fourth-order valence-corrected chi connectivity index (χ4v) is 2.88. The first kappa shape index (κ1) is 17.5. The van der Waals surface area contributed by atoms with Crippen LogP contribution in [0.4, 0.5) is 0 Å². The highest BCUT2D eigenvalue weighted by Crippen LogP contribution is 2.42. The number of para-hydroxylation sites is 2. The Balaban J connectivity index is 1.76. The highest BCUT2D eigenvalue weighted by molar-refractivity contribution is 5.81. The zero-order valence-electron chi connectivity index (χ0n) is 15.0. The van der Waals surface area contributed by atoms with Crippen LogP contribution in [-0.2, 0) is 9.53 Å². The van der Waals surface area contributed by atoms with Crippen LogP contribution < -0.4 is 10.1 Å². The number of hydrogen-bond acceptors (Lipinski definition) is 3. The van der Waals surface area contributed by atoms with E-state index >= 15 is 0 Å². The molecule has 2 aromatic carbocycles. The van der Waals surface area contributed by atoms with Crippen LogP contribution >= 0.6 is 0 Å². The summed E-state index contributed by atoms with van der Waals surface area (Å²) < 4.78 is 11.6. The molecule has 0 bridgehead atoms. The highest BCUT2D eigenvalue weighted by Gasteiger charge is 2.29. The molecule has 0 fully saturated rings. The maximum atomic E-state index is 12.6. The lowest BCUT2D eigenvalue weighted by Crippen LogP contribution is -2.38. The molecule has 0 saturated heterocycles. The summed E-state index contributed by atoms with van der Waals surface area (Å²) in [5, 5.41) is 3.13. The van der Waals surface area contributed by atoms with Crippen LogP contribution in [0.3, 0.4) is 0 Å². The fraction of sp³-hybridized carbons (Fsp3) is 0.381. The summed E-state index contributed by atoms with van der Waals surface area (Å²) in [5.41, 5.74) is 1.92. The monoisotopic (exact) mass is 339 g/mol. The van der Waals surface area contributed by atoms with E-state index in [9.17, 15) is 4.79 Å². The predicted molar refractivity (Wildman–Crippen MR) is 97.8 cm³/mol.